The molecule has 0 radical (unpaired) electrons. The predicted molar refractivity (Wildman–Crippen MR) is 48.8 cm³/mol. The minimum absolute atomic E-state index is 0.532. The quantitative estimate of drug-likeness (QED) is 0.508. The lowest BCUT2D eigenvalue weighted by molar-refractivity contribution is 0.584. The second-order valence-corrected chi connectivity index (χ2v) is 2.85. The number of hydrogen-bond acceptors (Lipinski definition) is 3. The lowest BCUT2D eigenvalue weighted by atomic mass is 9.98. The zero-order chi connectivity index (χ0) is 8.67. The van der Waals surface area contributed by atoms with Gasteiger partial charge in [0.05, 0.1) is 6.20 Å². The molecule has 0 saturated heterocycles. The Morgan fingerprint density at radius 3 is 3.38 bits per heavy atom. The van der Waals surface area contributed by atoms with Crippen molar-refractivity contribution in [1.29, 1.82) is 0 Å². The zero-order valence-corrected chi connectivity index (χ0v) is 6.84. The Labute approximate surface area is 75.5 Å². The third-order valence-electron chi connectivity index (χ3n) is 2.09. The third kappa shape index (κ3) is 0.868. The first kappa shape index (κ1) is 6.71. The van der Waals surface area contributed by atoms with E-state index in [1.54, 1.807) is 18.6 Å². The van der Waals surface area contributed by atoms with Crippen molar-refractivity contribution in [3.05, 3.63) is 30.9 Å². The Morgan fingerprint density at radius 1 is 1.38 bits per heavy atom. The van der Waals surface area contributed by atoms with E-state index < -0.39 is 0 Å². The molecule has 1 aliphatic heterocycles. The molecule has 0 N–H and O–H groups in total. The molecule has 0 atom stereocenters. The molecule has 62 valence electrons. The molecule has 0 unspecified atom stereocenters. The summed E-state index contributed by atoms with van der Waals surface area (Å²) < 4.78 is 7.48. The first-order valence-corrected chi connectivity index (χ1v) is 4.04. The molecule has 0 spiro atoms. The maximum Gasteiger partial charge on any atom is 0.412 e. The van der Waals surface area contributed by atoms with Crippen molar-refractivity contribution in [2.24, 2.45) is 0 Å². The summed E-state index contributed by atoms with van der Waals surface area (Å²) in [5, 5.41) is 0. The fourth-order valence-corrected chi connectivity index (χ4v) is 1.48. The van der Waals surface area contributed by atoms with E-state index in [4.69, 9.17) is 4.65 Å². The van der Waals surface area contributed by atoms with Gasteiger partial charge in [-0.2, -0.15) is 0 Å². The van der Waals surface area contributed by atoms with Crippen LogP contribution in [0.3, 0.4) is 0 Å². The highest BCUT2D eigenvalue weighted by molar-refractivity contribution is 6.46. The number of hydrogen-bond donors (Lipinski definition) is 0. The molecular weight excluding hydrogens is 165 g/mol. The summed E-state index contributed by atoms with van der Waals surface area (Å²) in [6, 6.07) is 1.86. The molecule has 0 saturated carbocycles. The number of aromatic nitrogens is 3. The van der Waals surface area contributed by atoms with Crippen LogP contribution in [0, 0.1) is 0 Å². The highest BCUT2D eigenvalue weighted by Gasteiger charge is 2.17. The van der Waals surface area contributed by atoms with Gasteiger partial charge in [0.25, 0.3) is 0 Å². The van der Waals surface area contributed by atoms with Crippen LogP contribution in [0.1, 0.15) is 0 Å². The topological polar surface area (TPSA) is 39.9 Å². The molecule has 1 aliphatic rings. The largest absolute Gasteiger partial charge is 0.554 e. The number of pyridine rings is 1. The number of rotatable bonds is 0. The Morgan fingerprint density at radius 2 is 2.38 bits per heavy atom. The molecule has 0 aromatic carbocycles. The SMILES string of the molecule is B1Oc2ccncc2-n2ccnc21. The van der Waals surface area contributed by atoms with Gasteiger partial charge in [0.2, 0.25) is 0 Å². The van der Waals surface area contributed by atoms with Gasteiger partial charge < -0.3 is 9.22 Å². The molecule has 2 aromatic rings. The van der Waals surface area contributed by atoms with Crippen LogP contribution in [-0.2, 0) is 0 Å². The summed E-state index contributed by atoms with van der Waals surface area (Å²) in [6.45, 7) is 0. The van der Waals surface area contributed by atoms with E-state index in [1.165, 1.54) is 0 Å². The van der Waals surface area contributed by atoms with Gasteiger partial charge in [-0.1, -0.05) is 0 Å². The highest BCUT2D eigenvalue weighted by Crippen LogP contribution is 2.22. The van der Waals surface area contributed by atoms with Crippen molar-refractivity contribution >= 4 is 13.2 Å². The Balaban J connectivity index is 2.30. The molecule has 5 heteroatoms. The van der Waals surface area contributed by atoms with Gasteiger partial charge in [-0.05, 0) is 6.07 Å². The number of imidazole rings is 1. The van der Waals surface area contributed by atoms with Crippen LogP contribution >= 0.6 is 0 Å². The number of fused-ring (bicyclic) bond motifs is 3. The van der Waals surface area contributed by atoms with Crippen LogP contribution in [0.15, 0.2) is 30.9 Å². The van der Waals surface area contributed by atoms with Crippen LogP contribution < -0.4 is 10.4 Å². The van der Waals surface area contributed by atoms with Crippen LogP contribution in [0.2, 0.25) is 0 Å². The van der Waals surface area contributed by atoms with E-state index in [0.29, 0.717) is 7.48 Å². The van der Waals surface area contributed by atoms with E-state index in [-0.39, 0.29) is 0 Å². The summed E-state index contributed by atoms with van der Waals surface area (Å²) in [6.07, 6.45) is 7.18. The van der Waals surface area contributed by atoms with E-state index >= 15 is 0 Å². The average Bonchev–Trinajstić information content (AvgIpc) is 2.65. The predicted octanol–water partition coefficient (Wildman–Crippen LogP) is -0.364. The lowest BCUT2D eigenvalue weighted by Crippen LogP contribution is -2.33. The summed E-state index contributed by atoms with van der Waals surface area (Å²) in [4.78, 5) is 8.21. The van der Waals surface area contributed by atoms with Crippen LogP contribution in [0.25, 0.3) is 5.69 Å². The Kier molecular flexibility index (Phi) is 1.22. The van der Waals surface area contributed by atoms with E-state index in [2.05, 4.69) is 9.97 Å². The van der Waals surface area contributed by atoms with Crippen LogP contribution in [0.5, 0.6) is 5.75 Å². The summed E-state index contributed by atoms with van der Waals surface area (Å²) in [7, 11) is 0.532. The average molecular weight is 171 g/mol. The van der Waals surface area contributed by atoms with Crippen molar-refractivity contribution in [3.8, 4) is 11.4 Å². The first-order valence-electron chi connectivity index (χ1n) is 4.04. The molecule has 4 nitrogen and oxygen atoms in total. The smallest absolute Gasteiger partial charge is 0.412 e. The molecule has 3 heterocycles. The summed E-state index contributed by atoms with van der Waals surface area (Å²) >= 11 is 0. The molecular formula is C8H6BN3O. The maximum atomic E-state index is 5.48. The van der Waals surface area contributed by atoms with Gasteiger partial charge in [-0.15, -0.1) is 0 Å². The molecule has 0 amide bonds. The molecule has 3 rings (SSSR count). The zero-order valence-electron chi connectivity index (χ0n) is 6.84. The fourth-order valence-electron chi connectivity index (χ4n) is 1.48. The Bertz CT molecular complexity index is 454. The molecule has 2 aromatic heterocycles. The van der Waals surface area contributed by atoms with Crippen molar-refractivity contribution in [3.63, 3.8) is 0 Å². The van der Waals surface area contributed by atoms with Gasteiger partial charge >= 0.3 is 7.48 Å². The molecule has 0 bridgehead atoms. The molecule has 0 aliphatic carbocycles. The minimum Gasteiger partial charge on any atom is -0.554 e. The third-order valence-corrected chi connectivity index (χ3v) is 2.09. The maximum absolute atomic E-state index is 5.48. The van der Waals surface area contributed by atoms with Crippen molar-refractivity contribution < 1.29 is 4.65 Å². The normalized spacial score (nSPS) is 12.3. The Hall–Kier alpha value is -1.78. The van der Waals surface area contributed by atoms with Gasteiger partial charge in [0.1, 0.15) is 17.2 Å². The van der Waals surface area contributed by atoms with Crippen LogP contribution in [-0.4, -0.2) is 22.0 Å². The van der Waals surface area contributed by atoms with Gasteiger partial charge in [0, 0.05) is 18.6 Å². The highest BCUT2D eigenvalue weighted by atomic mass is 16.4. The van der Waals surface area contributed by atoms with E-state index in [0.717, 1.165) is 17.2 Å². The van der Waals surface area contributed by atoms with E-state index in [9.17, 15) is 0 Å². The summed E-state index contributed by atoms with van der Waals surface area (Å²) in [5.41, 5.74) is 1.88. The van der Waals surface area contributed by atoms with Crippen molar-refractivity contribution in [1.82, 2.24) is 14.5 Å². The standard InChI is InChI=1S/C8H6BN3O/c1-2-10-5-6-7(1)13-9-8-11-3-4-12(6)8/h1-5,9H. The van der Waals surface area contributed by atoms with Crippen LogP contribution in [0.4, 0.5) is 0 Å². The fraction of sp³-hybridized carbons (Fsp3) is 0. The van der Waals surface area contributed by atoms with Crippen molar-refractivity contribution in [2.75, 3.05) is 0 Å². The van der Waals surface area contributed by atoms with Gasteiger partial charge in [-0.25, -0.2) is 4.98 Å². The van der Waals surface area contributed by atoms with E-state index in [1.807, 2.05) is 16.8 Å². The van der Waals surface area contributed by atoms with Crippen molar-refractivity contribution in [2.45, 2.75) is 0 Å². The lowest BCUT2D eigenvalue weighted by Gasteiger charge is -2.17. The second-order valence-electron chi connectivity index (χ2n) is 2.85. The summed E-state index contributed by atoms with van der Waals surface area (Å²) in [5.74, 6) is 0.862. The molecule has 13 heavy (non-hydrogen) atoms. The first-order chi connectivity index (χ1) is 6.45. The van der Waals surface area contributed by atoms with Gasteiger partial charge in [0.15, 0.2) is 0 Å². The van der Waals surface area contributed by atoms with Gasteiger partial charge in [-0.3, -0.25) is 4.98 Å². The number of nitrogens with zero attached hydrogens (tertiary/aromatic N) is 3. The minimum atomic E-state index is 0.532. The monoisotopic (exact) mass is 171 g/mol. The molecule has 0 fully saturated rings. The second kappa shape index (κ2) is 2.35.